The molecule has 1 aliphatic heterocycles. The van der Waals surface area contributed by atoms with Crippen LogP contribution in [0.25, 0.3) is 22.2 Å². The number of aromatic amines is 1. The van der Waals surface area contributed by atoms with Crippen molar-refractivity contribution < 1.29 is 9.50 Å². The quantitative estimate of drug-likeness (QED) is 0.642. The first-order chi connectivity index (χ1) is 14.4. The van der Waals surface area contributed by atoms with Gasteiger partial charge in [0.05, 0.1) is 11.0 Å². The summed E-state index contributed by atoms with van der Waals surface area (Å²) in [7, 11) is 0. The molecule has 5 heteroatoms. The Bertz CT molecular complexity index is 1080. The molecule has 0 radical (unpaired) electrons. The molecule has 0 amide bonds. The lowest BCUT2D eigenvalue weighted by molar-refractivity contribution is -0.125. The van der Waals surface area contributed by atoms with Gasteiger partial charge in [-0.3, -0.25) is 4.90 Å². The second kappa shape index (κ2) is 7.17. The molecule has 2 N–H and O–H groups in total. The third-order valence-corrected chi connectivity index (χ3v) is 7.60. The van der Waals surface area contributed by atoms with Crippen molar-refractivity contribution in [2.75, 3.05) is 13.1 Å². The molecule has 1 saturated carbocycles. The highest BCUT2D eigenvalue weighted by Crippen LogP contribution is 2.45. The molecule has 0 spiro atoms. The first-order valence-corrected chi connectivity index (χ1v) is 11.1. The average Bonchev–Trinajstić information content (AvgIpc) is 3.06. The Kier molecular flexibility index (Phi) is 4.71. The van der Waals surface area contributed by atoms with Crippen LogP contribution in [0.1, 0.15) is 44.2 Å². The van der Waals surface area contributed by atoms with Crippen LogP contribution < -0.4 is 0 Å². The van der Waals surface area contributed by atoms with Crippen molar-refractivity contribution in [2.24, 2.45) is 11.8 Å². The van der Waals surface area contributed by atoms with Gasteiger partial charge in [0.2, 0.25) is 0 Å². The lowest BCUT2D eigenvalue weighted by atomic mass is 9.68. The molecule has 1 aliphatic carbocycles. The number of rotatable bonds is 3. The lowest BCUT2D eigenvalue weighted by Crippen LogP contribution is -2.58. The second-order valence-electron chi connectivity index (χ2n) is 9.41. The topological polar surface area (TPSA) is 52.1 Å². The van der Waals surface area contributed by atoms with E-state index in [2.05, 4.69) is 41.7 Å². The molecule has 4 nitrogen and oxygen atoms in total. The molecule has 3 heterocycles. The fourth-order valence-electron chi connectivity index (χ4n) is 5.66. The Morgan fingerprint density at radius 3 is 2.53 bits per heavy atom. The van der Waals surface area contributed by atoms with Gasteiger partial charge >= 0.3 is 0 Å². The standard InChI is InChI=1S/C25H30FN3O/c1-15-11-18(20-9-10-27-24-23(20)22(26)12-28-24)7-8-21(15)25(30)16(2)13-29(14-17(25)3)19-5-4-6-19/h7-12,16-17,19,30H,4-6,13-14H2,1-3H3,(H,27,28)/t16-,17+,25-. The number of nitrogens with zero attached hydrogens (tertiary/aromatic N) is 2. The smallest absolute Gasteiger partial charge is 0.150 e. The van der Waals surface area contributed by atoms with Gasteiger partial charge < -0.3 is 10.1 Å². The van der Waals surface area contributed by atoms with Crippen molar-refractivity contribution in [1.29, 1.82) is 0 Å². The van der Waals surface area contributed by atoms with Crippen LogP contribution in [-0.2, 0) is 5.60 Å². The van der Waals surface area contributed by atoms with Crippen molar-refractivity contribution >= 4 is 11.0 Å². The van der Waals surface area contributed by atoms with Crippen molar-refractivity contribution in [3.63, 3.8) is 0 Å². The van der Waals surface area contributed by atoms with E-state index in [1.807, 2.05) is 18.2 Å². The number of aryl methyl sites for hydroxylation is 1. The minimum absolute atomic E-state index is 0.154. The highest BCUT2D eigenvalue weighted by Gasteiger charge is 2.48. The highest BCUT2D eigenvalue weighted by atomic mass is 19.1. The molecule has 2 fully saturated rings. The number of piperidine rings is 1. The van der Waals surface area contributed by atoms with Gasteiger partial charge in [-0.15, -0.1) is 0 Å². The predicted molar refractivity (Wildman–Crippen MR) is 118 cm³/mol. The summed E-state index contributed by atoms with van der Waals surface area (Å²) in [6.07, 6.45) is 6.97. The van der Waals surface area contributed by atoms with E-state index in [-0.39, 0.29) is 17.7 Å². The first-order valence-electron chi connectivity index (χ1n) is 11.1. The first kappa shape index (κ1) is 19.7. The molecule has 2 aliphatic rings. The largest absolute Gasteiger partial charge is 0.384 e. The van der Waals surface area contributed by atoms with E-state index >= 15 is 0 Å². The molecule has 1 saturated heterocycles. The Morgan fingerprint density at radius 1 is 1.17 bits per heavy atom. The van der Waals surface area contributed by atoms with E-state index in [0.717, 1.165) is 35.3 Å². The summed E-state index contributed by atoms with van der Waals surface area (Å²) < 4.78 is 14.3. The second-order valence-corrected chi connectivity index (χ2v) is 9.41. The molecule has 0 unspecified atom stereocenters. The SMILES string of the molecule is Cc1cc(-c2ccnc3[nH]cc(F)c23)ccc1[C@@]1(O)[C@H](C)CN(C2CCC2)C[C@@H]1C. The van der Waals surface area contributed by atoms with E-state index in [9.17, 15) is 9.50 Å². The Morgan fingerprint density at radius 2 is 1.90 bits per heavy atom. The van der Waals surface area contributed by atoms with Crippen LogP contribution in [-0.4, -0.2) is 39.1 Å². The van der Waals surface area contributed by atoms with Crippen LogP contribution >= 0.6 is 0 Å². The van der Waals surface area contributed by atoms with Crippen LogP contribution in [0.15, 0.2) is 36.7 Å². The number of likely N-dealkylation sites (tertiary alicyclic amines) is 1. The number of halogens is 1. The van der Waals surface area contributed by atoms with Gasteiger partial charge in [-0.05, 0) is 48.1 Å². The summed E-state index contributed by atoms with van der Waals surface area (Å²) in [5.41, 5.74) is 3.51. The maximum absolute atomic E-state index is 14.3. The molecule has 158 valence electrons. The van der Waals surface area contributed by atoms with Crippen LogP contribution in [0.4, 0.5) is 4.39 Å². The number of H-pyrrole nitrogens is 1. The zero-order chi connectivity index (χ0) is 21.0. The zero-order valence-corrected chi connectivity index (χ0v) is 18.0. The lowest BCUT2D eigenvalue weighted by Gasteiger charge is -2.52. The Hall–Kier alpha value is -2.24. The maximum atomic E-state index is 14.3. The third-order valence-electron chi connectivity index (χ3n) is 7.60. The van der Waals surface area contributed by atoms with E-state index < -0.39 is 5.60 Å². The number of fused-ring (bicyclic) bond motifs is 1. The molecular formula is C25H30FN3O. The molecule has 1 aromatic carbocycles. The van der Waals surface area contributed by atoms with Crippen molar-refractivity contribution in [1.82, 2.24) is 14.9 Å². The van der Waals surface area contributed by atoms with Gasteiger partial charge in [0.25, 0.3) is 0 Å². The molecule has 3 aromatic rings. The van der Waals surface area contributed by atoms with Crippen molar-refractivity contribution in [2.45, 2.75) is 51.7 Å². The number of aromatic nitrogens is 2. The van der Waals surface area contributed by atoms with Crippen LogP contribution in [0.3, 0.4) is 0 Å². The number of hydrogen-bond acceptors (Lipinski definition) is 3. The molecule has 30 heavy (non-hydrogen) atoms. The van der Waals surface area contributed by atoms with Gasteiger partial charge in [0.15, 0.2) is 5.82 Å². The number of hydrogen-bond donors (Lipinski definition) is 2. The summed E-state index contributed by atoms with van der Waals surface area (Å²) in [5.74, 6) is 0.0152. The summed E-state index contributed by atoms with van der Waals surface area (Å²) in [6, 6.07) is 8.69. The fourth-order valence-corrected chi connectivity index (χ4v) is 5.66. The fraction of sp³-hybridized carbons (Fsp3) is 0.480. The highest BCUT2D eigenvalue weighted by molar-refractivity contribution is 5.93. The monoisotopic (exact) mass is 407 g/mol. The van der Waals surface area contributed by atoms with Gasteiger partial charge in [0, 0.05) is 43.4 Å². The Balaban J connectivity index is 1.51. The number of benzene rings is 1. The van der Waals surface area contributed by atoms with Gasteiger partial charge in [-0.25, -0.2) is 9.37 Å². The average molecular weight is 408 g/mol. The van der Waals surface area contributed by atoms with Crippen LogP contribution in [0.5, 0.6) is 0 Å². The number of aliphatic hydroxyl groups is 1. The number of pyridine rings is 1. The minimum Gasteiger partial charge on any atom is -0.384 e. The summed E-state index contributed by atoms with van der Waals surface area (Å²) in [6.45, 7) is 8.28. The molecule has 2 aromatic heterocycles. The van der Waals surface area contributed by atoms with Crippen molar-refractivity contribution in [3.05, 3.63) is 53.6 Å². The summed E-state index contributed by atoms with van der Waals surface area (Å²) in [5, 5.41) is 12.4. The maximum Gasteiger partial charge on any atom is 0.150 e. The van der Waals surface area contributed by atoms with Gasteiger partial charge in [0.1, 0.15) is 5.65 Å². The summed E-state index contributed by atoms with van der Waals surface area (Å²) >= 11 is 0. The van der Waals surface area contributed by atoms with E-state index in [1.165, 1.54) is 25.5 Å². The predicted octanol–water partition coefficient (Wildman–Crippen LogP) is 5.01. The van der Waals surface area contributed by atoms with E-state index in [4.69, 9.17) is 0 Å². The molecule has 0 bridgehead atoms. The van der Waals surface area contributed by atoms with Gasteiger partial charge in [-0.2, -0.15) is 0 Å². The van der Waals surface area contributed by atoms with E-state index in [0.29, 0.717) is 17.1 Å². The van der Waals surface area contributed by atoms with Gasteiger partial charge in [-0.1, -0.05) is 38.5 Å². The normalized spacial score (nSPS) is 28.0. The molecule has 5 rings (SSSR count). The minimum atomic E-state index is -0.851. The Labute approximate surface area is 177 Å². The van der Waals surface area contributed by atoms with Crippen LogP contribution in [0.2, 0.25) is 0 Å². The molecule has 3 atom stereocenters. The number of nitrogens with one attached hydrogen (secondary N) is 1. The molecular weight excluding hydrogens is 377 g/mol. The third kappa shape index (κ3) is 2.90. The van der Waals surface area contributed by atoms with E-state index in [1.54, 1.807) is 6.20 Å². The zero-order valence-electron chi connectivity index (χ0n) is 18.0. The summed E-state index contributed by atoms with van der Waals surface area (Å²) in [4.78, 5) is 9.69. The van der Waals surface area contributed by atoms with Crippen LogP contribution in [0, 0.1) is 24.6 Å². The van der Waals surface area contributed by atoms with Crippen molar-refractivity contribution in [3.8, 4) is 11.1 Å².